The Labute approximate surface area is 89.6 Å². The first kappa shape index (κ1) is 13.4. The van der Waals surface area contributed by atoms with E-state index >= 15 is 0 Å². The molecule has 1 atom stereocenters. The Kier molecular flexibility index (Phi) is 5.37. The smallest absolute Gasteiger partial charge is 0.347 e. The summed E-state index contributed by atoms with van der Waals surface area (Å²) in [6.45, 7) is 11.8. The predicted octanol–water partition coefficient (Wildman–Crippen LogP) is 1.61. The molecule has 0 amide bonds. The van der Waals surface area contributed by atoms with Crippen molar-refractivity contribution in [3.8, 4) is 0 Å². The van der Waals surface area contributed by atoms with Crippen molar-refractivity contribution in [1.29, 1.82) is 0 Å². The highest BCUT2D eigenvalue weighted by atomic mass is 16.6. The van der Waals surface area contributed by atoms with Crippen molar-refractivity contribution in [3.63, 3.8) is 0 Å². The number of carbonyl (C=O) groups excluding carboxylic acids is 2. The van der Waals surface area contributed by atoms with Crippen molar-refractivity contribution in [2.24, 2.45) is 0 Å². The fraction of sp³-hybridized carbons (Fsp3) is 0.455. The molecule has 0 aromatic rings. The Morgan fingerprint density at radius 1 is 1.27 bits per heavy atom. The van der Waals surface area contributed by atoms with Gasteiger partial charge in [-0.25, -0.2) is 9.59 Å². The quantitative estimate of drug-likeness (QED) is 0.394. The molecular weight excluding hydrogens is 196 g/mol. The molecule has 4 nitrogen and oxygen atoms in total. The standard InChI is InChI=1S/C11H16O4/c1-7(2)6-14-11(13)9(5)15-10(12)8(3)4/h9H,1,3,6H2,2,4-5H3. The minimum absolute atomic E-state index is 0.133. The van der Waals surface area contributed by atoms with E-state index in [9.17, 15) is 9.59 Å². The minimum Gasteiger partial charge on any atom is -0.458 e. The maximum Gasteiger partial charge on any atom is 0.347 e. The molecule has 0 saturated carbocycles. The van der Waals surface area contributed by atoms with Gasteiger partial charge in [0.05, 0.1) is 0 Å². The summed E-state index contributed by atoms with van der Waals surface area (Å²) in [4.78, 5) is 22.3. The molecule has 0 spiro atoms. The molecule has 0 N–H and O–H groups in total. The molecule has 15 heavy (non-hydrogen) atoms. The number of esters is 2. The van der Waals surface area contributed by atoms with Gasteiger partial charge >= 0.3 is 11.9 Å². The van der Waals surface area contributed by atoms with E-state index in [0.29, 0.717) is 0 Å². The summed E-state index contributed by atoms with van der Waals surface area (Å²) < 4.78 is 9.56. The third-order valence-corrected chi connectivity index (χ3v) is 1.43. The van der Waals surface area contributed by atoms with Gasteiger partial charge in [-0.05, 0) is 26.3 Å². The molecule has 4 heteroatoms. The van der Waals surface area contributed by atoms with Crippen LogP contribution in [0, 0.1) is 0 Å². The van der Waals surface area contributed by atoms with Gasteiger partial charge < -0.3 is 9.47 Å². The highest BCUT2D eigenvalue weighted by Gasteiger charge is 2.19. The van der Waals surface area contributed by atoms with Crippen molar-refractivity contribution in [2.45, 2.75) is 26.9 Å². The predicted molar refractivity (Wildman–Crippen MR) is 56.1 cm³/mol. The molecule has 0 aliphatic carbocycles. The van der Waals surface area contributed by atoms with Gasteiger partial charge in [0.1, 0.15) is 6.61 Å². The molecule has 0 rings (SSSR count). The molecule has 0 heterocycles. The topological polar surface area (TPSA) is 52.6 Å². The number of rotatable bonds is 5. The zero-order valence-electron chi connectivity index (χ0n) is 9.33. The molecule has 0 fully saturated rings. The van der Waals surface area contributed by atoms with Crippen molar-refractivity contribution in [1.82, 2.24) is 0 Å². The molecule has 0 aromatic heterocycles. The van der Waals surface area contributed by atoms with E-state index in [0.717, 1.165) is 5.57 Å². The highest BCUT2D eigenvalue weighted by molar-refractivity contribution is 5.89. The van der Waals surface area contributed by atoms with Crippen LogP contribution in [0.4, 0.5) is 0 Å². The molecule has 0 aromatic carbocycles. The van der Waals surface area contributed by atoms with E-state index in [1.54, 1.807) is 6.92 Å². The second-order valence-electron chi connectivity index (χ2n) is 3.39. The second kappa shape index (κ2) is 6.01. The van der Waals surface area contributed by atoms with Crippen LogP contribution in [0.25, 0.3) is 0 Å². The van der Waals surface area contributed by atoms with E-state index in [2.05, 4.69) is 13.2 Å². The van der Waals surface area contributed by atoms with Crippen LogP contribution in [-0.2, 0) is 19.1 Å². The summed E-state index contributed by atoms with van der Waals surface area (Å²) in [5.74, 6) is -1.19. The van der Waals surface area contributed by atoms with Crippen LogP contribution in [0.2, 0.25) is 0 Å². The zero-order chi connectivity index (χ0) is 12.0. The SMILES string of the molecule is C=C(C)COC(=O)C(C)OC(=O)C(=C)C. The zero-order valence-corrected chi connectivity index (χ0v) is 9.33. The third-order valence-electron chi connectivity index (χ3n) is 1.43. The lowest BCUT2D eigenvalue weighted by Gasteiger charge is -2.12. The Bertz CT molecular complexity index is 291. The van der Waals surface area contributed by atoms with Crippen molar-refractivity contribution < 1.29 is 19.1 Å². The summed E-state index contributed by atoms with van der Waals surface area (Å²) in [5.41, 5.74) is 0.969. The first-order chi connectivity index (χ1) is 6.84. The summed E-state index contributed by atoms with van der Waals surface area (Å²) in [6, 6.07) is 0. The van der Waals surface area contributed by atoms with E-state index in [1.807, 2.05) is 0 Å². The van der Waals surface area contributed by atoms with Gasteiger partial charge in [-0.3, -0.25) is 0 Å². The van der Waals surface area contributed by atoms with Gasteiger partial charge in [0.15, 0.2) is 6.10 Å². The lowest BCUT2D eigenvalue weighted by molar-refractivity contribution is -0.163. The van der Waals surface area contributed by atoms with Crippen LogP contribution in [0.1, 0.15) is 20.8 Å². The van der Waals surface area contributed by atoms with E-state index in [1.165, 1.54) is 13.8 Å². The molecule has 0 saturated heterocycles. The number of ether oxygens (including phenoxy) is 2. The molecular formula is C11H16O4. The van der Waals surface area contributed by atoms with Gasteiger partial charge in [-0.2, -0.15) is 0 Å². The molecule has 1 unspecified atom stereocenters. The van der Waals surface area contributed by atoms with Crippen molar-refractivity contribution in [3.05, 3.63) is 24.3 Å². The summed E-state index contributed by atoms with van der Waals surface area (Å²) in [7, 11) is 0. The second-order valence-corrected chi connectivity index (χ2v) is 3.39. The molecule has 0 aliphatic heterocycles. The fourth-order valence-electron chi connectivity index (χ4n) is 0.621. The van der Waals surface area contributed by atoms with Crippen molar-refractivity contribution >= 4 is 11.9 Å². The number of carbonyl (C=O) groups is 2. The largest absolute Gasteiger partial charge is 0.458 e. The lowest BCUT2D eigenvalue weighted by Crippen LogP contribution is -2.26. The monoisotopic (exact) mass is 212 g/mol. The van der Waals surface area contributed by atoms with Crippen LogP contribution in [0.3, 0.4) is 0 Å². The van der Waals surface area contributed by atoms with E-state index in [-0.39, 0.29) is 12.2 Å². The average molecular weight is 212 g/mol. The van der Waals surface area contributed by atoms with Gasteiger partial charge in [0, 0.05) is 5.57 Å². The van der Waals surface area contributed by atoms with Gasteiger partial charge in [-0.15, -0.1) is 0 Å². The Morgan fingerprint density at radius 3 is 2.20 bits per heavy atom. The molecule has 0 bridgehead atoms. The maximum atomic E-state index is 11.2. The normalized spacial score (nSPS) is 11.4. The number of hydrogen-bond donors (Lipinski definition) is 0. The summed E-state index contributed by atoms with van der Waals surface area (Å²) >= 11 is 0. The van der Waals surface area contributed by atoms with Crippen LogP contribution in [0.5, 0.6) is 0 Å². The number of hydrogen-bond acceptors (Lipinski definition) is 4. The maximum absolute atomic E-state index is 11.2. The summed E-state index contributed by atoms with van der Waals surface area (Å²) in [6.07, 6.45) is -0.923. The van der Waals surface area contributed by atoms with Crippen LogP contribution >= 0.6 is 0 Å². The highest BCUT2D eigenvalue weighted by Crippen LogP contribution is 2.01. The third kappa shape index (κ3) is 5.67. The first-order valence-corrected chi connectivity index (χ1v) is 4.52. The lowest BCUT2D eigenvalue weighted by atomic mass is 10.3. The van der Waals surface area contributed by atoms with Gasteiger partial charge in [-0.1, -0.05) is 13.2 Å². The summed E-state index contributed by atoms with van der Waals surface area (Å²) in [5, 5.41) is 0. The van der Waals surface area contributed by atoms with E-state index in [4.69, 9.17) is 9.47 Å². The molecule has 0 aliphatic rings. The molecule has 0 radical (unpaired) electrons. The van der Waals surface area contributed by atoms with Crippen LogP contribution in [-0.4, -0.2) is 24.6 Å². The van der Waals surface area contributed by atoms with Crippen LogP contribution < -0.4 is 0 Å². The van der Waals surface area contributed by atoms with Crippen molar-refractivity contribution in [2.75, 3.05) is 6.61 Å². The fourth-order valence-corrected chi connectivity index (χ4v) is 0.621. The Hall–Kier alpha value is -1.58. The minimum atomic E-state index is -0.923. The first-order valence-electron chi connectivity index (χ1n) is 4.52. The Morgan fingerprint density at radius 2 is 1.80 bits per heavy atom. The van der Waals surface area contributed by atoms with Crippen LogP contribution in [0.15, 0.2) is 24.3 Å². The molecule has 84 valence electrons. The van der Waals surface area contributed by atoms with Gasteiger partial charge in [0.25, 0.3) is 0 Å². The Balaban J connectivity index is 4.04. The van der Waals surface area contributed by atoms with Gasteiger partial charge in [0.2, 0.25) is 0 Å². The average Bonchev–Trinajstić information content (AvgIpc) is 2.13. The van der Waals surface area contributed by atoms with E-state index < -0.39 is 18.0 Å².